The number of benzene rings is 3. The summed E-state index contributed by atoms with van der Waals surface area (Å²) in [4.78, 5) is 24.6. The molecule has 6 heteroatoms. The van der Waals surface area contributed by atoms with E-state index in [1.165, 1.54) is 6.92 Å². The molecule has 0 saturated carbocycles. The Morgan fingerprint density at radius 2 is 1.62 bits per heavy atom. The maximum absolute atomic E-state index is 12.4. The minimum atomic E-state index is -0.952. The zero-order valence-corrected chi connectivity index (χ0v) is 17.2. The van der Waals surface area contributed by atoms with Crippen molar-refractivity contribution in [2.24, 2.45) is 0 Å². The van der Waals surface area contributed by atoms with Gasteiger partial charge in [0.05, 0.1) is 0 Å². The summed E-state index contributed by atoms with van der Waals surface area (Å²) in [5.74, 6) is -0.504. The molecule has 3 rings (SSSR count). The first-order valence-corrected chi connectivity index (χ1v) is 9.61. The van der Waals surface area contributed by atoms with Gasteiger partial charge in [0.15, 0.2) is 12.7 Å². The van der Waals surface area contributed by atoms with Crippen molar-refractivity contribution in [1.29, 1.82) is 0 Å². The van der Waals surface area contributed by atoms with Gasteiger partial charge in [0, 0.05) is 21.5 Å². The summed E-state index contributed by atoms with van der Waals surface area (Å²) in [5, 5.41) is 5.05. The largest absolute Gasteiger partial charge is 0.481 e. The highest BCUT2D eigenvalue weighted by Crippen LogP contribution is 2.31. The van der Waals surface area contributed by atoms with E-state index in [0.717, 1.165) is 27.6 Å². The van der Waals surface area contributed by atoms with E-state index in [4.69, 9.17) is 21.1 Å². The Morgan fingerprint density at radius 1 is 0.966 bits per heavy atom. The highest BCUT2D eigenvalue weighted by molar-refractivity contribution is 6.35. The summed E-state index contributed by atoms with van der Waals surface area (Å²) < 4.78 is 10.8. The summed E-state index contributed by atoms with van der Waals surface area (Å²) in [6, 6.07) is 16.6. The summed E-state index contributed by atoms with van der Waals surface area (Å²) in [5.41, 5.74) is 2.61. The fourth-order valence-corrected chi connectivity index (χ4v) is 3.25. The number of anilines is 1. The van der Waals surface area contributed by atoms with Crippen molar-refractivity contribution in [3.8, 4) is 5.75 Å². The highest BCUT2D eigenvalue weighted by atomic mass is 35.5. The molecule has 5 nitrogen and oxygen atoms in total. The Hall–Kier alpha value is -3.05. The standard InChI is InChI=1S/C23H22ClNO4/c1-14-7-6-8-15(2)22(14)25-23(27)16(3)29-21(26)13-28-20-12-11-19(24)17-9-4-5-10-18(17)20/h4-12,16H,13H2,1-3H3,(H,25,27)/t16-/m1/s1. The van der Waals surface area contributed by atoms with Crippen LogP contribution in [0.15, 0.2) is 54.6 Å². The number of hydrogen-bond donors (Lipinski definition) is 1. The third-order valence-corrected chi connectivity index (χ3v) is 4.91. The third kappa shape index (κ3) is 4.87. The molecule has 3 aromatic carbocycles. The second-order valence-electron chi connectivity index (χ2n) is 6.77. The number of nitrogens with one attached hydrogen (secondary N) is 1. The SMILES string of the molecule is Cc1cccc(C)c1NC(=O)[C@@H](C)OC(=O)COc1ccc(Cl)c2ccccc12. The Kier molecular flexibility index (Phi) is 6.39. The second-order valence-corrected chi connectivity index (χ2v) is 7.18. The van der Waals surface area contributed by atoms with Crippen LogP contribution >= 0.6 is 11.6 Å². The maximum Gasteiger partial charge on any atom is 0.344 e. The number of amides is 1. The quantitative estimate of drug-likeness (QED) is 0.576. The van der Waals surface area contributed by atoms with Crippen molar-refractivity contribution >= 4 is 39.9 Å². The predicted molar refractivity (Wildman–Crippen MR) is 115 cm³/mol. The monoisotopic (exact) mass is 411 g/mol. The fourth-order valence-electron chi connectivity index (χ4n) is 3.02. The number of esters is 1. The van der Waals surface area contributed by atoms with Gasteiger partial charge in [-0.3, -0.25) is 4.79 Å². The molecule has 0 unspecified atom stereocenters. The molecule has 0 spiro atoms. The molecular weight excluding hydrogens is 390 g/mol. The number of carbonyl (C=O) groups excluding carboxylic acids is 2. The topological polar surface area (TPSA) is 64.6 Å². The zero-order valence-electron chi connectivity index (χ0n) is 16.5. The molecule has 0 aliphatic carbocycles. The number of ether oxygens (including phenoxy) is 2. The van der Waals surface area contributed by atoms with Gasteiger partial charge in [-0.15, -0.1) is 0 Å². The van der Waals surface area contributed by atoms with Gasteiger partial charge in [0.25, 0.3) is 5.91 Å². The minimum absolute atomic E-state index is 0.313. The molecule has 0 aliphatic heterocycles. The molecule has 3 aromatic rings. The van der Waals surface area contributed by atoms with Crippen molar-refractivity contribution in [1.82, 2.24) is 0 Å². The lowest BCUT2D eigenvalue weighted by molar-refractivity contribution is -0.155. The number of halogens is 1. The van der Waals surface area contributed by atoms with Gasteiger partial charge in [-0.05, 0) is 44.0 Å². The van der Waals surface area contributed by atoms with Gasteiger partial charge >= 0.3 is 5.97 Å². The number of aryl methyl sites for hydroxylation is 2. The molecule has 29 heavy (non-hydrogen) atoms. The number of para-hydroxylation sites is 1. The molecule has 0 aromatic heterocycles. The van der Waals surface area contributed by atoms with Crippen LogP contribution in [0.2, 0.25) is 5.02 Å². The molecule has 1 N–H and O–H groups in total. The lowest BCUT2D eigenvalue weighted by atomic mass is 10.1. The van der Waals surface area contributed by atoms with Crippen LogP contribution in [0.4, 0.5) is 5.69 Å². The summed E-state index contributed by atoms with van der Waals surface area (Å²) in [6.07, 6.45) is -0.952. The molecule has 1 atom stereocenters. The van der Waals surface area contributed by atoms with Crippen molar-refractivity contribution in [2.75, 3.05) is 11.9 Å². The van der Waals surface area contributed by atoms with Crippen LogP contribution in [0.1, 0.15) is 18.1 Å². The van der Waals surface area contributed by atoms with Crippen molar-refractivity contribution in [3.05, 3.63) is 70.7 Å². The van der Waals surface area contributed by atoms with Gasteiger partial charge in [-0.1, -0.05) is 54.1 Å². The Balaban J connectivity index is 1.60. The first-order chi connectivity index (χ1) is 13.9. The van der Waals surface area contributed by atoms with E-state index < -0.39 is 18.0 Å². The van der Waals surface area contributed by atoms with Gasteiger partial charge in [-0.2, -0.15) is 0 Å². The van der Waals surface area contributed by atoms with E-state index >= 15 is 0 Å². The van der Waals surface area contributed by atoms with Crippen molar-refractivity contribution in [3.63, 3.8) is 0 Å². The fraction of sp³-hybridized carbons (Fsp3) is 0.217. The van der Waals surface area contributed by atoms with Crippen LogP contribution in [0.3, 0.4) is 0 Å². The molecule has 0 saturated heterocycles. The minimum Gasteiger partial charge on any atom is -0.481 e. The highest BCUT2D eigenvalue weighted by Gasteiger charge is 2.20. The molecule has 0 aliphatic rings. The van der Waals surface area contributed by atoms with E-state index in [1.807, 2.05) is 56.3 Å². The Morgan fingerprint density at radius 3 is 2.31 bits per heavy atom. The van der Waals surface area contributed by atoms with Gasteiger partial charge in [0.1, 0.15) is 5.75 Å². The molecule has 1 amide bonds. The van der Waals surface area contributed by atoms with E-state index in [0.29, 0.717) is 10.8 Å². The average Bonchev–Trinajstić information content (AvgIpc) is 2.70. The van der Waals surface area contributed by atoms with Crippen LogP contribution in [0.5, 0.6) is 5.75 Å². The van der Waals surface area contributed by atoms with Crippen LogP contribution in [0, 0.1) is 13.8 Å². The molecular formula is C23H22ClNO4. The van der Waals surface area contributed by atoms with Crippen LogP contribution in [0.25, 0.3) is 10.8 Å². The molecule has 150 valence electrons. The van der Waals surface area contributed by atoms with Gasteiger partial charge < -0.3 is 14.8 Å². The predicted octanol–water partition coefficient (Wildman–Crippen LogP) is 5.06. The molecule has 0 fully saturated rings. The van der Waals surface area contributed by atoms with E-state index in [9.17, 15) is 9.59 Å². The van der Waals surface area contributed by atoms with Crippen molar-refractivity contribution in [2.45, 2.75) is 26.9 Å². The summed E-state index contributed by atoms with van der Waals surface area (Å²) >= 11 is 6.19. The van der Waals surface area contributed by atoms with E-state index in [2.05, 4.69) is 5.32 Å². The first-order valence-electron chi connectivity index (χ1n) is 9.23. The van der Waals surface area contributed by atoms with Crippen LogP contribution in [-0.2, 0) is 14.3 Å². The van der Waals surface area contributed by atoms with Crippen LogP contribution < -0.4 is 10.1 Å². The summed E-state index contributed by atoms with van der Waals surface area (Å²) in [7, 11) is 0. The number of fused-ring (bicyclic) bond motifs is 1. The average molecular weight is 412 g/mol. The Bertz CT molecular complexity index is 1040. The zero-order chi connectivity index (χ0) is 21.0. The number of hydrogen-bond acceptors (Lipinski definition) is 4. The third-order valence-electron chi connectivity index (χ3n) is 4.58. The molecule has 0 radical (unpaired) electrons. The lowest BCUT2D eigenvalue weighted by Crippen LogP contribution is -2.32. The number of rotatable bonds is 6. The van der Waals surface area contributed by atoms with Gasteiger partial charge in [-0.25, -0.2) is 4.79 Å². The number of carbonyl (C=O) groups is 2. The molecule has 0 bridgehead atoms. The smallest absolute Gasteiger partial charge is 0.344 e. The van der Waals surface area contributed by atoms with E-state index in [-0.39, 0.29) is 6.61 Å². The Labute approximate surface area is 174 Å². The lowest BCUT2D eigenvalue weighted by Gasteiger charge is -2.16. The van der Waals surface area contributed by atoms with Crippen molar-refractivity contribution < 1.29 is 19.1 Å². The van der Waals surface area contributed by atoms with E-state index in [1.54, 1.807) is 12.1 Å². The first kappa shape index (κ1) is 20.7. The summed E-state index contributed by atoms with van der Waals surface area (Å²) in [6.45, 7) is 5.03. The molecule has 0 heterocycles. The normalized spacial score (nSPS) is 11.7. The van der Waals surface area contributed by atoms with Crippen LogP contribution in [-0.4, -0.2) is 24.6 Å². The maximum atomic E-state index is 12.4. The second kappa shape index (κ2) is 8.97. The van der Waals surface area contributed by atoms with Gasteiger partial charge in [0.2, 0.25) is 0 Å².